The fourth-order valence-corrected chi connectivity index (χ4v) is 3.32. The summed E-state index contributed by atoms with van der Waals surface area (Å²) < 4.78 is 22.6. The maximum absolute atomic E-state index is 12.3. The van der Waals surface area contributed by atoms with Gasteiger partial charge in [0.15, 0.2) is 0 Å². The molecule has 0 radical (unpaired) electrons. The van der Waals surface area contributed by atoms with E-state index in [-0.39, 0.29) is 5.92 Å². The van der Waals surface area contributed by atoms with Gasteiger partial charge >= 0.3 is 0 Å². The molecule has 108 valence electrons. The Balaban J connectivity index is 2.42. The highest BCUT2D eigenvalue weighted by Gasteiger charge is 2.41. The number of nitrogens with two attached hydrogens (primary N) is 1. The molecule has 6 nitrogen and oxygen atoms in total. The first kappa shape index (κ1) is 14.7. The summed E-state index contributed by atoms with van der Waals surface area (Å²) in [6.07, 6.45) is 0. The Kier molecular flexibility index (Phi) is 3.66. The lowest BCUT2D eigenvalue weighted by Gasteiger charge is -2.28. The molecule has 2 rings (SSSR count). The number of hydrogen-bond donors (Lipinski definition) is 1. The first-order valence-corrected chi connectivity index (χ1v) is 7.91. The van der Waals surface area contributed by atoms with Gasteiger partial charge in [-0.3, -0.25) is 14.5 Å². The number of fused-ring (bicyclic) bond motifs is 1. The molecule has 20 heavy (non-hydrogen) atoms. The lowest BCUT2D eigenvalue weighted by atomic mass is 10.0. The van der Waals surface area contributed by atoms with Crippen molar-refractivity contribution in [2.24, 2.45) is 11.1 Å². The Labute approximate surface area is 117 Å². The van der Waals surface area contributed by atoms with Crippen LogP contribution in [0.1, 0.15) is 34.6 Å². The third-order valence-electron chi connectivity index (χ3n) is 3.33. The average Bonchev–Trinajstić information content (AvgIpc) is 2.59. The third kappa shape index (κ3) is 2.59. The van der Waals surface area contributed by atoms with Crippen molar-refractivity contribution in [3.63, 3.8) is 0 Å². The number of benzene rings is 1. The fourth-order valence-electron chi connectivity index (χ4n) is 2.31. The van der Waals surface area contributed by atoms with E-state index < -0.39 is 33.6 Å². The molecule has 1 aromatic rings. The second kappa shape index (κ2) is 4.99. The van der Waals surface area contributed by atoms with Crippen LogP contribution in [0.4, 0.5) is 0 Å². The Morgan fingerprint density at radius 1 is 1.10 bits per heavy atom. The lowest BCUT2D eigenvalue weighted by Crippen LogP contribution is -2.48. The van der Waals surface area contributed by atoms with E-state index in [9.17, 15) is 18.0 Å². The van der Waals surface area contributed by atoms with Crippen LogP contribution in [-0.4, -0.2) is 36.9 Å². The zero-order valence-corrected chi connectivity index (χ0v) is 12.1. The summed E-state index contributed by atoms with van der Waals surface area (Å²) in [5, 5.41) is 5.06. The molecule has 7 heteroatoms. The van der Waals surface area contributed by atoms with Gasteiger partial charge in [0.1, 0.15) is 0 Å². The van der Waals surface area contributed by atoms with Crippen molar-refractivity contribution in [3.05, 3.63) is 35.4 Å². The van der Waals surface area contributed by atoms with E-state index in [0.717, 1.165) is 4.90 Å². The maximum Gasteiger partial charge on any atom is 0.261 e. The summed E-state index contributed by atoms with van der Waals surface area (Å²) >= 11 is 0. The molecule has 1 heterocycles. The molecule has 0 saturated heterocycles. The molecule has 0 aromatic heterocycles. The maximum atomic E-state index is 12.3. The highest BCUT2D eigenvalue weighted by Crippen LogP contribution is 2.27. The lowest BCUT2D eigenvalue weighted by molar-refractivity contribution is 0.0562. The zero-order chi connectivity index (χ0) is 15.1. The average molecular weight is 296 g/mol. The second-order valence-electron chi connectivity index (χ2n) is 5.17. The molecule has 0 fully saturated rings. The standard InChI is InChI=1S/C13H16N2O4S/c1-8(2)11(7-20(14,18)19)15-12(16)9-5-3-4-6-10(9)13(15)17/h3-6,8,11H,7H2,1-2H3,(H2,14,18,19). The van der Waals surface area contributed by atoms with Crippen molar-refractivity contribution in [2.75, 3.05) is 5.75 Å². The Morgan fingerprint density at radius 3 is 1.90 bits per heavy atom. The first-order chi connectivity index (χ1) is 9.22. The van der Waals surface area contributed by atoms with Gasteiger partial charge in [0.2, 0.25) is 10.0 Å². The Morgan fingerprint density at radius 2 is 1.55 bits per heavy atom. The number of carbonyl (C=O) groups excluding carboxylic acids is 2. The largest absolute Gasteiger partial charge is 0.270 e. The number of carbonyl (C=O) groups is 2. The number of rotatable bonds is 4. The quantitative estimate of drug-likeness (QED) is 0.822. The third-order valence-corrected chi connectivity index (χ3v) is 4.14. The summed E-state index contributed by atoms with van der Waals surface area (Å²) in [6.45, 7) is 3.50. The van der Waals surface area contributed by atoms with Crippen LogP contribution in [0.25, 0.3) is 0 Å². The van der Waals surface area contributed by atoms with Crippen molar-refractivity contribution in [1.82, 2.24) is 4.90 Å². The molecular weight excluding hydrogens is 280 g/mol. The first-order valence-electron chi connectivity index (χ1n) is 6.20. The molecule has 1 aliphatic heterocycles. The van der Waals surface area contributed by atoms with E-state index in [1.54, 1.807) is 38.1 Å². The fraction of sp³-hybridized carbons (Fsp3) is 0.385. The van der Waals surface area contributed by atoms with Crippen LogP contribution in [0.15, 0.2) is 24.3 Å². The smallest absolute Gasteiger partial charge is 0.261 e. The SMILES string of the molecule is CC(C)C(CS(N)(=O)=O)N1C(=O)c2ccccc2C1=O. The van der Waals surface area contributed by atoms with Gasteiger partial charge in [0.25, 0.3) is 11.8 Å². The topological polar surface area (TPSA) is 97.5 Å². The van der Waals surface area contributed by atoms with Gasteiger partial charge in [-0.2, -0.15) is 0 Å². The van der Waals surface area contributed by atoms with Crippen molar-refractivity contribution in [2.45, 2.75) is 19.9 Å². The Bertz CT molecular complexity index is 632. The molecule has 0 bridgehead atoms. The number of hydrogen-bond acceptors (Lipinski definition) is 4. The normalized spacial score (nSPS) is 16.7. The number of amides is 2. The van der Waals surface area contributed by atoms with E-state index in [4.69, 9.17) is 5.14 Å². The van der Waals surface area contributed by atoms with Crippen LogP contribution in [0, 0.1) is 5.92 Å². The van der Waals surface area contributed by atoms with Crippen LogP contribution < -0.4 is 5.14 Å². The Hall–Kier alpha value is -1.73. The minimum Gasteiger partial charge on any atom is -0.270 e. The molecule has 2 N–H and O–H groups in total. The van der Waals surface area contributed by atoms with Crippen LogP contribution in [-0.2, 0) is 10.0 Å². The molecule has 0 aliphatic carbocycles. The second-order valence-corrected chi connectivity index (χ2v) is 6.83. The van der Waals surface area contributed by atoms with E-state index >= 15 is 0 Å². The van der Waals surface area contributed by atoms with E-state index in [1.165, 1.54) is 0 Å². The van der Waals surface area contributed by atoms with Crippen molar-refractivity contribution >= 4 is 21.8 Å². The molecule has 0 spiro atoms. The summed E-state index contributed by atoms with van der Waals surface area (Å²) in [6, 6.07) is 5.68. The molecular formula is C13H16N2O4S. The van der Waals surface area contributed by atoms with E-state index in [1.807, 2.05) is 0 Å². The predicted molar refractivity (Wildman–Crippen MR) is 73.5 cm³/mol. The van der Waals surface area contributed by atoms with E-state index in [2.05, 4.69) is 0 Å². The summed E-state index contributed by atoms with van der Waals surface area (Å²) in [5.74, 6) is -1.58. The number of nitrogens with zero attached hydrogens (tertiary/aromatic N) is 1. The molecule has 1 aliphatic rings. The van der Waals surface area contributed by atoms with Crippen molar-refractivity contribution < 1.29 is 18.0 Å². The zero-order valence-electron chi connectivity index (χ0n) is 11.2. The molecule has 1 aromatic carbocycles. The summed E-state index contributed by atoms with van der Waals surface area (Å²) in [4.78, 5) is 25.6. The number of imide groups is 1. The summed E-state index contributed by atoms with van der Waals surface area (Å²) in [5.41, 5.74) is 0.607. The highest BCUT2D eigenvalue weighted by molar-refractivity contribution is 7.89. The predicted octanol–water partition coefficient (Wildman–Crippen LogP) is 0.596. The van der Waals surface area contributed by atoms with Crippen molar-refractivity contribution in [1.29, 1.82) is 0 Å². The van der Waals surface area contributed by atoms with E-state index in [0.29, 0.717) is 11.1 Å². The molecule has 1 atom stereocenters. The van der Waals surface area contributed by atoms with Crippen LogP contribution >= 0.6 is 0 Å². The minimum atomic E-state index is -3.79. The van der Waals surface area contributed by atoms with Gasteiger partial charge in [0, 0.05) is 0 Å². The van der Waals surface area contributed by atoms with Crippen LogP contribution in [0.3, 0.4) is 0 Å². The number of primary sulfonamides is 1. The monoisotopic (exact) mass is 296 g/mol. The molecule has 1 unspecified atom stereocenters. The van der Waals surface area contributed by atoms with Gasteiger partial charge in [0.05, 0.1) is 22.9 Å². The number of sulfonamides is 1. The van der Waals surface area contributed by atoms with Gasteiger partial charge < -0.3 is 0 Å². The molecule has 0 saturated carbocycles. The highest BCUT2D eigenvalue weighted by atomic mass is 32.2. The molecule has 2 amide bonds. The van der Waals surface area contributed by atoms with Crippen molar-refractivity contribution in [3.8, 4) is 0 Å². The van der Waals surface area contributed by atoms with Gasteiger partial charge in [-0.25, -0.2) is 13.6 Å². The minimum absolute atomic E-state index is 0.212. The summed E-state index contributed by atoms with van der Waals surface area (Å²) in [7, 11) is -3.79. The van der Waals surface area contributed by atoms with Crippen LogP contribution in [0.2, 0.25) is 0 Å². The van der Waals surface area contributed by atoms with Gasteiger partial charge in [-0.1, -0.05) is 26.0 Å². The van der Waals surface area contributed by atoms with Gasteiger partial charge in [-0.15, -0.1) is 0 Å². The van der Waals surface area contributed by atoms with Gasteiger partial charge in [-0.05, 0) is 18.1 Å². The van der Waals surface area contributed by atoms with Crippen LogP contribution in [0.5, 0.6) is 0 Å².